The molecule has 2 aromatic carbocycles. The summed E-state index contributed by atoms with van der Waals surface area (Å²) in [4.78, 5) is 11.1. The number of amides is 1. The average molecular weight is 350 g/mol. The first-order chi connectivity index (χ1) is 12.1. The second-order valence-corrected chi connectivity index (χ2v) is 6.12. The third-order valence-electron chi connectivity index (χ3n) is 3.99. The summed E-state index contributed by atoms with van der Waals surface area (Å²) in [7, 11) is 0. The molecule has 0 radical (unpaired) electrons. The van der Waals surface area contributed by atoms with Crippen LogP contribution in [0.25, 0.3) is 22.6 Å². The number of aromatic nitrogens is 1. The molecule has 0 aliphatic heterocycles. The van der Waals surface area contributed by atoms with Crippen LogP contribution < -0.4 is 5.73 Å². The molecule has 4 nitrogen and oxygen atoms in total. The van der Waals surface area contributed by atoms with Gasteiger partial charge >= 0.3 is 0 Å². The van der Waals surface area contributed by atoms with Crippen molar-refractivity contribution in [3.8, 4) is 6.07 Å². The van der Waals surface area contributed by atoms with Gasteiger partial charge in [0, 0.05) is 40.7 Å². The average Bonchev–Trinajstić information content (AvgIpc) is 2.97. The Labute approximate surface area is 150 Å². The highest BCUT2D eigenvalue weighted by molar-refractivity contribution is 6.30. The highest BCUT2D eigenvalue weighted by atomic mass is 35.5. The first-order valence-electron chi connectivity index (χ1n) is 7.82. The van der Waals surface area contributed by atoms with Crippen LogP contribution in [0.2, 0.25) is 5.02 Å². The number of benzene rings is 2. The molecule has 0 spiro atoms. The van der Waals surface area contributed by atoms with Crippen LogP contribution in [-0.2, 0) is 11.3 Å². The van der Waals surface area contributed by atoms with Crippen molar-refractivity contribution in [3.05, 3.63) is 70.9 Å². The van der Waals surface area contributed by atoms with E-state index in [0.717, 1.165) is 22.0 Å². The second-order valence-electron chi connectivity index (χ2n) is 5.69. The van der Waals surface area contributed by atoms with Gasteiger partial charge in [0.15, 0.2) is 0 Å². The summed E-state index contributed by atoms with van der Waals surface area (Å²) < 4.78 is 1.99. The smallest absolute Gasteiger partial charge is 0.219 e. The molecule has 3 aromatic rings. The van der Waals surface area contributed by atoms with Gasteiger partial charge in [-0.15, -0.1) is 0 Å². The zero-order chi connectivity index (χ0) is 17.8. The molecule has 124 valence electrons. The summed E-state index contributed by atoms with van der Waals surface area (Å²) in [6.45, 7) is 0.506. The lowest BCUT2D eigenvalue weighted by Crippen LogP contribution is -2.13. The third kappa shape index (κ3) is 3.73. The van der Waals surface area contributed by atoms with Crippen molar-refractivity contribution in [1.29, 1.82) is 5.26 Å². The van der Waals surface area contributed by atoms with Crippen LogP contribution in [0.5, 0.6) is 0 Å². The summed E-state index contributed by atoms with van der Waals surface area (Å²) in [6, 6.07) is 17.3. The molecule has 2 N–H and O–H groups in total. The molecule has 1 heterocycles. The number of carbonyl (C=O) groups excluding carboxylic acids is 1. The Bertz CT molecular complexity index is 994. The quantitative estimate of drug-likeness (QED) is 0.700. The van der Waals surface area contributed by atoms with Gasteiger partial charge in [0.05, 0.1) is 11.6 Å². The van der Waals surface area contributed by atoms with Gasteiger partial charge in [0.1, 0.15) is 0 Å². The Balaban J connectivity index is 2.06. The molecule has 0 saturated carbocycles. The van der Waals surface area contributed by atoms with Crippen LogP contribution in [-0.4, -0.2) is 10.5 Å². The highest BCUT2D eigenvalue weighted by Gasteiger charge is 2.09. The molecule has 5 heteroatoms. The highest BCUT2D eigenvalue weighted by Crippen LogP contribution is 2.26. The van der Waals surface area contributed by atoms with E-state index in [0.29, 0.717) is 17.1 Å². The molecule has 0 saturated heterocycles. The van der Waals surface area contributed by atoms with Crippen LogP contribution in [0.3, 0.4) is 0 Å². The number of nitrogens with two attached hydrogens (primary N) is 1. The maximum absolute atomic E-state index is 11.1. The van der Waals surface area contributed by atoms with Crippen molar-refractivity contribution in [3.63, 3.8) is 0 Å². The van der Waals surface area contributed by atoms with Gasteiger partial charge in [-0.25, -0.2) is 0 Å². The molecule has 1 amide bonds. The number of nitriles is 1. The van der Waals surface area contributed by atoms with Crippen LogP contribution in [0.1, 0.15) is 17.5 Å². The number of carbonyl (C=O) groups is 1. The van der Waals surface area contributed by atoms with E-state index in [4.69, 9.17) is 17.3 Å². The maximum atomic E-state index is 11.1. The van der Waals surface area contributed by atoms with Crippen molar-refractivity contribution in [1.82, 2.24) is 4.57 Å². The van der Waals surface area contributed by atoms with E-state index in [9.17, 15) is 10.1 Å². The van der Waals surface area contributed by atoms with Crippen molar-refractivity contribution in [2.24, 2.45) is 5.73 Å². The molecule has 3 rings (SSSR count). The molecule has 25 heavy (non-hydrogen) atoms. The minimum atomic E-state index is -0.339. The van der Waals surface area contributed by atoms with Crippen LogP contribution >= 0.6 is 11.6 Å². The number of primary amides is 1. The molecule has 0 unspecified atom stereocenters. The lowest BCUT2D eigenvalue weighted by molar-refractivity contribution is -0.118. The zero-order valence-corrected chi connectivity index (χ0v) is 14.2. The Hall–Kier alpha value is -3.03. The summed E-state index contributed by atoms with van der Waals surface area (Å²) >= 11 is 5.92. The summed E-state index contributed by atoms with van der Waals surface area (Å²) in [5, 5.41) is 11.2. The number of fused-ring (bicyclic) bond motifs is 1. The number of para-hydroxylation sites is 1. The summed E-state index contributed by atoms with van der Waals surface area (Å²) in [5.41, 5.74) is 8.55. The van der Waals surface area contributed by atoms with Crippen LogP contribution in [0.4, 0.5) is 0 Å². The number of hydrogen-bond acceptors (Lipinski definition) is 2. The number of nitrogens with zero attached hydrogens (tertiary/aromatic N) is 2. The minimum absolute atomic E-state index is 0.268. The van der Waals surface area contributed by atoms with E-state index < -0.39 is 0 Å². The molecule has 1 aromatic heterocycles. The van der Waals surface area contributed by atoms with Crippen molar-refractivity contribution >= 4 is 40.1 Å². The molecule has 0 aliphatic rings. The topological polar surface area (TPSA) is 71.8 Å². The lowest BCUT2D eigenvalue weighted by atomic mass is 10.0. The number of allylic oxidation sites excluding steroid dienone is 1. The third-order valence-corrected chi connectivity index (χ3v) is 4.25. The fourth-order valence-corrected chi connectivity index (χ4v) is 2.90. The van der Waals surface area contributed by atoms with Gasteiger partial charge in [-0.2, -0.15) is 5.26 Å². The predicted octanol–water partition coefficient (Wildman–Crippen LogP) is 4.23. The van der Waals surface area contributed by atoms with Gasteiger partial charge in [0.25, 0.3) is 0 Å². The first-order valence-corrected chi connectivity index (χ1v) is 8.20. The van der Waals surface area contributed by atoms with Gasteiger partial charge in [-0.05, 0) is 29.8 Å². The normalized spacial score (nSPS) is 11.4. The molecular weight excluding hydrogens is 334 g/mol. The van der Waals surface area contributed by atoms with Gasteiger partial charge < -0.3 is 10.3 Å². The Morgan fingerprint density at radius 2 is 1.92 bits per heavy atom. The Kier molecular flexibility index (Phi) is 4.87. The van der Waals surface area contributed by atoms with E-state index in [2.05, 4.69) is 6.07 Å². The lowest BCUT2D eigenvalue weighted by Gasteiger charge is -2.02. The first kappa shape index (κ1) is 16.8. The van der Waals surface area contributed by atoms with Gasteiger partial charge in [-0.3, -0.25) is 4.79 Å². The van der Waals surface area contributed by atoms with E-state index in [-0.39, 0.29) is 12.3 Å². The van der Waals surface area contributed by atoms with Crippen LogP contribution in [0, 0.1) is 11.3 Å². The Morgan fingerprint density at radius 1 is 1.20 bits per heavy atom. The predicted molar refractivity (Wildman–Crippen MR) is 101 cm³/mol. The Morgan fingerprint density at radius 3 is 2.60 bits per heavy atom. The van der Waals surface area contributed by atoms with Crippen LogP contribution in [0.15, 0.2) is 54.7 Å². The number of halogens is 1. The van der Waals surface area contributed by atoms with Gasteiger partial charge in [0.2, 0.25) is 5.91 Å². The second kappa shape index (κ2) is 7.25. The monoisotopic (exact) mass is 349 g/mol. The van der Waals surface area contributed by atoms with Gasteiger partial charge in [-0.1, -0.05) is 41.9 Å². The summed E-state index contributed by atoms with van der Waals surface area (Å²) in [5.74, 6) is -0.339. The van der Waals surface area contributed by atoms with Crippen molar-refractivity contribution in [2.75, 3.05) is 0 Å². The number of rotatable bonds is 5. The molecule has 0 fully saturated rings. The fraction of sp³-hybridized carbons (Fsp3) is 0.100. The molecule has 0 aliphatic carbocycles. The van der Waals surface area contributed by atoms with E-state index >= 15 is 0 Å². The summed E-state index contributed by atoms with van der Waals surface area (Å²) in [6.07, 6.45) is 4.07. The fourth-order valence-electron chi connectivity index (χ4n) is 2.77. The molecule has 0 atom stereocenters. The van der Waals surface area contributed by atoms with E-state index in [1.54, 1.807) is 12.1 Å². The standard InChI is InChI=1S/C20H16ClN3O/c21-17-7-5-14(6-8-17)15(12-22)11-16-13-24(10-9-20(23)25)19-4-2-1-3-18(16)19/h1-8,11,13H,9-10H2,(H2,23,25)/b15-11+. The maximum Gasteiger partial charge on any atom is 0.219 e. The van der Waals surface area contributed by atoms with E-state index in [1.807, 2.05) is 53.2 Å². The molecule has 0 bridgehead atoms. The SMILES string of the molecule is N#C/C(=C\c1cn(CCC(N)=O)c2ccccc12)c1ccc(Cl)cc1. The van der Waals surface area contributed by atoms with Crippen molar-refractivity contribution in [2.45, 2.75) is 13.0 Å². The zero-order valence-electron chi connectivity index (χ0n) is 13.4. The van der Waals surface area contributed by atoms with Crippen molar-refractivity contribution < 1.29 is 4.79 Å². The largest absolute Gasteiger partial charge is 0.370 e. The molecular formula is C20H16ClN3O. The number of hydrogen-bond donors (Lipinski definition) is 1. The van der Waals surface area contributed by atoms with E-state index in [1.165, 1.54) is 0 Å². The number of aryl methyl sites for hydroxylation is 1. The minimum Gasteiger partial charge on any atom is -0.370 e.